The number of halogens is 1. The Bertz CT molecular complexity index is 391. The van der Waals surface area contributed by atoms with Crippen molar-refractivity contribution in [1.82, 2.24) is 4.31 Å². The summed E-state index contributed by atoms with van der Waals surface area (Å²) in [5.74, 6) is 0.305. The van der Waals surface area contributed by atoms with Gasteiger partial charge in [0.05, 0.1) is 4.90 Å². The Morgan fingerprint density at radius 2 is 1.87 bits per heavy atom. The zero-order valence-corrected chi connectivity index (χ0v) is 10.1. The standard InChI is InChI=1S/C10H14ClNO2S/c1-2-12(9-8-11)15(13,14)10-6-4-3-5-7-10/h3-7H,2,8-9H2,1H3. The molecule has 3 nitrogen and oxygen atoms in total. The lowest BCUT2D eigenvalue weighted by molar-refractivity contribution is 0.447. The van der Waals surface area contributed by atoms with Crippen molar-refractivity contribution >= 4 is 21.6 Å². The van der Waals surface area contributed by atoms with Gasteiger partial charge in [-0.15, -0.1) is 11.6 Å². The van der Waals surface area contributed by atoms with Crippen LogP contribution in [0.3, 0.4) is 0 Å². The fourth-order valence-electron chi connectivity index (χ4n) is 1.28. The van der Waals surface area contributed by atoms with Gasteiger partial charge in [0, 0.05) is 19.0 Å². The highest BCUT2D eigenvalue weighted by atomic mass is 35.5. The molecule has 0 bridgehead atoms. The van der Waals surface area contributed by atoms with E-state index in [4.69, 9.17) is 11.6 Å². The lowest BCUT2D eigenvalue weighted by Gasteiger charge is -2.18. The first-order valence-electron chi connectivity index (χ1n) is 4.74. The van der Waals surface area contributed by atoms with Crippen LogP contribution >= 0.6 is 11.6 Å². The van der Waals surface area contributed by atoms with Crippen molar-refractivity contribution in [1.29, 1.82) is 0 Å². The molecule has 0 atom stereocenters. The summed E-state index contributed by atoms with van der Waals surface area (Å²) >= 11 is 5.56. The van der Waals surface area contributed by atoms with Crippen molar-refractivity contribution in [2.75, 3.05) is 19.0 Å². The largest absolute Gasteiger partial charge is 0.243 e. The van der Waals surface area contributed by atoms with Crippen LogP contribution < -0.4 is 0 Å². The Labute approximate surface area is 95.7 Å². The molecule has 0 unspecified atom stereocenters. The molecule has 0 aliphatic heterocycles. The molecule has 1 rings (SSSR count). The van der Waals surface area contributed by atoms with E-state index in [2.05, 4.69) is 0 Å². The molecule has 0 fully saturated rings. The molecule has 0 aliphatic rings. The molecule has 0 saturated heterocycles. The second-order valence-corrected chi connectivity index (χ2v) is 5.31. The molecule has 5 heteroatoms. The normalized spacial score (nSPS) is 11.9. The topological polar surface area (TPSA) is 37.4 Å². The maximum Gasteiger partial charge on any atom is 0.243 e. The Morgan fingerprint density at radius 1 is 1.27 bits per heavy atom. The molecule has 0 aromatic heterocycles. The summed E-state index contributed by atoms with van der Waals surface area (Å²) in [5, 5.41) is 0. The molecule has 0 saturated carbocycles. The van der Waals surface area contributed by atoms with Gasteiger partial charge in [-0.25, -0.2) is 8.42 Å². The maximum atomic E-state index is 12.0. The van der Waals surface area contributed by atoms with E-state index in [-0.39, 0.29) is 0 Å². The summed E-state index contributed by atoms with van der Waals surface area (Å²) in [6.07, 6.45) is 0. The van der Waals surface area contributed by atoms with Crippen LogP contribution in [0, 0.1) is 0 Å². The van der Waals surface area contributed by atoms with Crippen LogP contribution in [0.4, 0.5) is 0 Å². The smallest absolute Gasteiger partial charge is 0.207 e. The molecule has 0 heterocycles. The Morgan fingerprint density at radius 3 is 2.33 bits per heavy atom. The first-order valence-corrected chi connectivity index (χ1v) is 6.71. The van der Waals surface area contributed by atoms with Crippen LogP contribution in [0.2, 0.25) is 0 Å². The van der Waals surface area contributed by atoms with E-state index in [1.165, 1.54) is 4.31 Å². The first-order chi connectivity index (χ1) is 7.12. The van der Waals surface area contributed by atoms with Crippen molar-refractivity contribution in [3.63, 3.8) is 0 Å². The molecular weight excluding hydrogens is 234 g/mol. The third kappa shape index (κ3) is 2.93. The summed E-state index contributed by atoms with van der Waals surface area (Å²) in [5.41, 5.74) is 0. The van der Waals surface area contributed by atoms with Gasteiger partial charge in [-0.2, -0.15) is 4.31 Å². The summed E-state index contributed by atoms with van der Waals surface area (Å²) in [6.45, 7) is 2.58. The fourth-order valence-corrected chi connectivity index (χ4v) is 3.06. The van der Waals surface area contributed by atoms with Gasteiger partial charge in [-0.3, -0.25) is 0 Å². The van der Waals surface area contributed by atoms with Crippen LogP contribution in [0.15, 0.2) is 35.2 Å². The second kappa shape index (κ2) is 5.49. The Hall–Kier alpha value is -0.580. The molecule has 84 valence electrons. The SMILES string of the molecule is CCN(CCCl)S(=O)(=O)c1ccccc1. The van der Waals surface area contributed by atoms with Crippen LogP contribution in [0.1, 0.15) is 6.92 Å². The number of alkyl halides is 1. The fraction of sp³-hybridized carbons (Fsp3) is 0.400. The second-order valence-electron chi connectivity index (χ2n) is 3.00. The third-order valence-corrected chi connectivity index (χ3v) is 4.23. The molecule has 15 heavy (non-hydrogen) atoms. The summed E-state index contributed by atoms with van der Waals surface area (Å²) in [4.78, 5) is 0.317. The molecule has 1 aromatic rings. The van der Waals surface area contributed by atoms with E-state index >= 15 is 0 Å². The maximum absolute atomic E-state index is 12.0. The van der Waals surface area contributed by atoms with Crippen LogP contribution in [-0.4, -0.2) is 31.7 Å². The van der Waals surface area contributed by atoms with E-state index in [0.29, 0.717) is 23.9 Å². The minimum atomic E-state index is -3.36. The predicted molar refractivity (Wildman–Crippen MR) is 61.6 cm³/mol. The molecule has 0 N–H and O–H groups in total. The molecule has 0 amide bonds. The lowest BCUT2D eigenvalue weighted by atomic mass is 10.4. The van der Waals surface area contributed by atoms with Gasteiger partial charge in [0.2, 0.25) is 10.0 Å². The zero-order valence-electron chi connectivity index (χ0n) is 8.56. The number of nitrogens with zero attached hydrogens (tertiary/aromatic N) is 1. The minimum Gasteiger partial charge on any atom is -0.207 e. The van der Waals surface area contributed by atoms with Gasteiger partial charge in [0.25, 0.3) is 0 Å². The van der Waals surface area contributed by atoms with E-state index in [0.717, 1.165) is 0 Å². The average Bonchev–Trinajstić information content (AvgIpc) is 2.27. The third-order valence-electron chi connectivity index (χ3n) is 2.07. The monoisotopic (exact) mass is 247 g/mol. The van der Waals surface area contributed by atoms with Crippen LogP contribution in [-0.2, 0) is 10.0 Å². The number of rotatable bonds is 5. The molecular formula is C10H14ClNO2S. The van der Waals surface area contributed by atoms with Crippen molar-refractivity contribution in [2.45, 2.75) is 11.8 Å². The van der Waals surface area contributed by atoms with Crippen molar-refractivity contribution in [2.24, 2.45) is 0 Å². The van der Waals surface area contributed by atoms with Gasteiger partial charge in [0.15, 0.2) is 0 Å². The predicted octanol–water partition coefficient (Wildman–Crippen LogP) is 1.94. The average molecular weight is 248 g/mol. The van der Waals surface area contributed by atoms with E-state index in [1.807, 2.05) is 0 Å². The number of hydrogen-bond donors (Lipinski definition) is 0. The highest BCUT2D eigenvalue weighted by Gasteiger charge is 2.21. The van der Waals surface area contributed by atoms with Gasteiger partial charge in [-0.1, -0.05) is 25.1 Å². The number of benzene rings is 1. The van der Waals surface area contributed by atoms with Gasteiger partial charge in [0.1, 0.15) is 0 Å². The summed E-state index contributed by atoms with van der Waals surface area (Å²) in [6, 6.07) is 8.39. The molecule has 1 aromatic carbocycles. The van der Waals surface area contributed by atoms with Crippen molar-refractivity contribution < 1.29 is 8.42 Å². The zero-order chi connectivity index (χ0) is 11.3. The van der Waals surface area contributed by atoms with Crippen LogP contribution in [0.25, 0.3) is 0 Å². The summed E-state index contributed by atoms with van der Waals surface area (Å²) in [7, 11) is -3.36. The van der Waals surface area contributed by atoms with Gasteiger partial charge >= 0.3 is 0 Å². The lowest BCUT2D eigenvalue weighted by Crippen LogP contribution is -2.32. The molecule has 0 aliphatic carbocycles. The summed E-state index contributed by atoms with van der Waals surface area (Å²) < 4.78 is 25.4. The minimum absolute atomic E-state index is 0.305. The quantitative estimate of drug-likeness (QED) is 0.746. The van der Waals surface area contributed by atoms with E-state index < -0.39 is 10.0 Å². The van der Waals surface area contributed by atoms with E-state index in [9.17, 15) is 8.42 Å². The van der Waals surface area contributed by atoms with E-state index in [1.54, 1.807) is 37.3 Å². The highest BCUT2D eigenvalue weighted by molar-refractivity contribution is 7.89. The van der Waals surface area contributed by atoms with Crippen molar-refractivity contribution in [3.05, 3.63) is 30.3 Å². The molecule has 0 spiro atoms. The highest BCUT2D eigenvalue weighted by Crippen LogP contribution is 2.14. The first kappa shape index (κ1) is 12.5. The van der Waals surface area contributed by atoms with Gasteiger partial charge < -0.3 is 0 Å². The Balaban J connectivity index is 3.01. The van der Waals surface area contributed by atoms with Crippen molar-refractivity contribution in [3.8, 4) is 0 Å². The van der Waals surface area contributed by atoms with Crippen LogP contribution in [0.5, 0.6) is 0 Å². The van der Waals surface area contributed by atoms with Gasteiger partial charge in [-0.05, 0) is 12.1 Å². The number of hydrogen-bond acceptors (Lipinski definition) is 2. The molecule has 0 radical (unpaired) electrons. The Kier molecular flexibility index (Phi) is 4.57. The number of sulfonamides is 1.